The highest BCUT2D eigenvalue weighted by Crippen LogP contribution is 2.33. The summed E-state index contributed by atoms with van der Waals surface area (Å²) >= 11 is 0. The minimum Gasteiger partial charge on any atom is -0.308 e. The first-order chi connectivity index (χ1) is 9.88. The minimum atomic E-state index is -4.53. The first-order valence-corrected chi connectivity index (χ1v) is 6.41. The summed E-state index contributed by atoms with van der Waals surface area (Å²) in [5.41, 5.74) is -1.09. The first-order valence-electron chi connectivity index (χ1n) is 6.41. The summed E-state index contributed by atoms with van der Waals surface area (Å²) in [4.78, 5) is 0. The van der Waals surface area contributed by atoms with Crippen molar-refractivity contribution in [2.75, 3.05) is 6.54 Å². The number of alkyl halides is 3. The van der Waals surface area contributed by atoms with Crippen molar-refractivity contribution in [3.63, 3.8) is 0 Å². The van der Waals surface area contributed by atoms with Gasteiger partial charge in [-0.2, -0.15) is 13.2 Å². The van der Waals surface area contributed by atoms with Gasteiger partial charge in [0.15, 0.2) is 5.82 Å². The number of hydrogen-bond acceptors (Lipinski definition) is 3. The van der Waals surface area contributed by atoms with Gasteiger partial charge < -0.3 is 9.88 Å². The molecule has 4 nitrogen and oxygen atoms in total. The highest BCUT2D eigenvalue weighted by atomic mass is 19.4. The molecule has 0 amide bonds. The molecule has 3 rings (SSSR count). The lowest BCUT2D eigenvalue weighted by atomic mass is 10.1. The quantitative estimate of drug-likeness (QED) is 0.824. The van der Waals surface area contributed by atoms with Gasteiger partial charge in [-0.05, 0) is 25.1 Å². The second kappa shape index (κ2) is 4.80. The van der Waals surface area contributed by atoms with Gasteiger partial charge in [-0.25, -0.2) is 4.39 Å². The van der Waals surface area contributed by atoms with Crippen LogP contribution in [0.2, 0.25) is 0 Å². The van der Waals surface area contributed by atoms with E-state index in [-0.39, 0.29) is 17.4 Å². The van der Waals surface area contributed by atoms with Crippen LogP contribution in [0.15, 0.2) is 18.2 Å². The molecule has 0 saturated heterocycles. The van der Waals surface area contributed by atoms with Crippen LogP contribution in [0.1, 0.15) is 24.4 Å². The maximum Gasteiger partial charge on any atom is 0.416 e. The van der Waals surface area contributed by atoms with Gasteiger partial charge in [-0.15, -0.1) is 10.2 Å². The van der Waals surface area contributed by atoms with Crippen molar-refractivity contribution in [2.24, 2.45) is 0 Å². The summed E-state index contributed by atoms with van der Waals surface area (Å²) in [5, 5.41) is 11.0. The highest BCUT2D eigenvalue weighted by molar-refractivity contribution is 5.58. The van der Waals surface area contributed by atoms with E-state index in [0.717, 1.165) is 18.2 Å². The van der Waals surface area contributed by atoms with E-state index in [1.54, 1.807) is 4.57 Å². The van der Waals surface area contributed by atoms with Crippen molar-refractivity contribution >= 4 is 0 Å². The van der Waals surface area contributed by atoms with Crippen LogP contribution in [0.4, 0.5) is 17.6 Å². The molecule has 2 aromatic rings. The zero-order valence-electron chi connectivity index (χ0n) is 11.1. The molecule has 2 heterocycles. The second-order valence-electron chi connectivity index (χ2n) is 4.90. The Labute approximate surface area is 117 Å². The van der Waals surface area contributed by atoms with Gasteiger partial charge in [0.2, 0.25) is 0 Å². The molecule has 0 bridgehead atoms. The third-order valence-electron chi connectivity index (χ3n) is 3.49. The van der Waals surface area contributed by atoms with Crippen LogP contribution in [-0.2, 0) is 12.7 Å². The van der Waals surface area contributed by atoms with E-state index in [9.17, 15) is 17.6 Å². The molecule has 1 aliphatic rings. The topological polar surface area (TPSA) is 42.7 Å². The predicted octanol–water partition coefficient (Wildman–Crippen LogP) is 2.77. The lowest BCUT2D eigenvalue weighted by Gasteiger charge is -2.22. The Kier molecular flexibility index (Phi) is 3.20. The van der Waals surface area contributed by atoms with E-state index < -0.39 is 17.6 Å². The van der Waals surface area contributed by atoms with E-state index in [4.69, 9.17) is 0 Å². The highest BCUT2D eigenvalue weighted by Gasteiger charge is 2.32. The van der Waals surface area contributed by atoms with Crippen molar-refractivity contribution in [2.45, 2.75) is 25.7 Å². The zero-order chi connectivity index (χ0) is 15.2. The standard InChI is InChI=1S/C13H12F4N4/c1-7-11-19-20-12(21(11)5-4-18-7)9-6-8(13(15,16)17)2-3-10(9)14/h2-3,6-7,18H,4-5H2,1H3. The first kappa shape index (κ1) is 14.0. The Bertz CT molecular complexity index is 677. The van der Waals surface area contributed by atoms with Gasteiger partial charge in [-0.3, -0.25) is 0 Å². The van der Waals surface area contributed by atoms with Gasteiger partial charge >= 0.3 is 6.18 Å². The number of rotatable bonds is 1. The molecule has 1 aromatic heterocycles. The number of aromatic nitrogens is 3. The molecule has 1 N–H and O–H groups in total. The molecular weight excluding hydrogens is 288 g/mol. The van der Waals surface area contributed by atoms with Gasteiger partial charge in [0, 0.05) is 13.1 Å². The number of hydrogen-bond donors (Lipinski definition) is 1. The summed E-state index contributed by atoms with van der Waals surface area (Å²) in [5.74, 6) is -0.0283. The Morgan fingerprint density at radius 2 is 2.05 bits per heavy atom. The average Bonchev–Trinajstić information content (AvgIpc) is 2.83. The Morgan fingerprint density at radius 3 is 2.76 bits per heavy atom. The normalized spacial score (nSPS) is 18.6. The number of nitrogens with zero attached hydrogens (tertiary/aromatic N) is 3. The van der Waals surface area contributed by atoms with Crippen molar-refractivity contribution < 1.29 is 17.6 Å². The van der Waals surface area contributed by atoms with Gasteiger partial charge in [0.25, 0.3) is 0 Å². The fraction of sp³-hybridized carbons (Fsp3) is 0.385. The monoisotopic (exact) mass is 300 g/mol. The molecule has 0 aliphatic carbocycles. The van der Waals surface area contributed by atoms with Crippen LogP contribution >= 0.6 is 0 Å². The molecule has 112 valence electrons. The molecule has 1 aliphatic heterocycles. The van der Waals surface area contributed by atoms with E-state index in [0.29, 0.717) is 18.9 Å². The molecule has 1 unspecified atom stereocenters. The summed E-state index contributed by atoms with van der Waals surface area (Å²) in [7, 11) is 0. The van der Waals surface area contributed by atoms with Crippen LogP contribution in [0.3, 0.4) is 0 Å². The average molecular weight is 300 g/mol. The maximum atomic E-state index is 13.9. The number of fused-ring (bicyclic) bond motifs is 1. The minimum absolute atomic E-state index is 0.0751. The third-order valence-corrected chi connectivity index (χ3v) is 3.49. The molecule has 1 atom stereocenters. The maximum absolute atomic E-state index is 13.9. The van der Waals surface area contributed by atoms with Crippen molar-refractivity contribution in [3.05, 3.63) is 35.4 Å². The largest absolute Gasteiger partial charge is 0.416 e. The van der Waals surface area contributed by atoms with E-state index in [1.807, 2.05) is 6.92 Å². The Hall–Kier alpha value is -1.96. The van der Waals surface area contributed by atoms with Gasteiger partial charge in [0.1, 0.15) is 11.6 Å². The van der Waals surface area contributed by atoms with Crippen molar-refractivity contribution in [1.82, 2.24) is 20.1 Å². The fourth-order valence-corrected chi connectivity index (χ4v) is 2.41. The Balaban J connectivity index is 2.13. The molecule has 0 radical (unpaired) electrons. The van der Waals surface area contributed by atoms with Gasteiger partial charge in [-0.1, -0.05) is 0 Å². The van der Waals surface area contributed by atoms with Gasteiger partial charge in [0.05, 0.1) is 17.2 Å². The van der Waals surface area contributed by atoms with Crippen molar-refractivity contribution in [3.8, 4) is 11.4 Å². The van der Waals surface area contributed by atoms with Crippen LogP contribution in [0, 0.1) is 5.82 Å². The summed E-state index contributed by atoms with van der Waals surface area (Å²) in [6.07, 6.45) is -4.53. The molecule has 1 aromatic carbocycles. The van der Waals surface area contributed by atoms with Crippen molar-refractivity contribution in [1.29, 1.82) is 0 Å². The fourth-order valence-electron chi connectivity index (χ4n) is 2.41. The Morgan fingerprint density at radius 1 is 1.29 bits per heavy atom. The molecule has 0 fully saturated rings. The van der Waals surface area contributed by atoms with Crippen LogP contribution in [-0.4, -0.2) is 21.3 Å². The third kappa shape index (κ3) is 2.39. The SMILES string of the molecule is CC1NCCn2c(-c3cc(C(F)(F)F)ccc3F)nnc21. The lowest BCUT2D eigenvalue weighted by molar-refractivity contribution is -0.137. The lowest BCUT2D eigenvalue weighted by Crippen LogP contribution is -2.32. The second-order valence-corrected chi connectivity index (χ2v) is 4.90. The molecular formula is C13H12F4N4. The molecule has 21 heavy (non-hydrogen) atoms. The summed E-state index contributed by atoms with van der Waals surface area (Å²) in [6.45, 7) is 2.98. The number of nitrogens with one attached hydrogen (secondary N) is 1. The van der Waals surface area contributed by atoms with Crippen LogP contribution in [0.5, 0.6) is 0 Å². The predicted molar refractivity (Wildman–Crippen MR) is 66.8 cm³/mol. The molecule has 0 saturated carbocycles. The zero-order valence-corrected chi connectivity index (χ0v) is 11.1. The van der Waals surface area contributed by atoms with Crippen LogP contribution < -0.4 is 5.32 Å². The van der Waals surface area contributed by atoms with E-state index in [1.165, 1.54) is 0 Å². The smallest absolute Gasteiger partial charge is 0.308 e. The molecule has 0 spiro atoms. The number of benzene rings is 1. The van der Waals surface area contributed by atoms with E-state index >= 15 is 0 Å². The number of halogens is 4. The van der Waals surface area contributed by atoms with E-state index in [2.05, 4.69) is 15.5 Å². The van der Waals surface area contributed by atoms with Crippen LogP contribution in [0.25, 0.3) is 11.4 Å². The summed E-state index contributed by atoms with van der Waals surface area (Å²) < 4.78 is 53.9. The molecule has 8 heteroatoms. The summed E-state index contributed by atoms with van der Waals surface area (Å²) in [6, 6.07) is 2.23.